The number of hydrogen-bond acceptors (Lipinski definition) is 4. The lowest BCUT2D eigenvalue weighted by atomic mass is 10.00. The third-order valence-corrected chi connectivity index (χ3v) is 8.26. The van der Waals surface area contributed by atoms with Gasteiger partial charge in [-0.05, 0) is 77.9 Å². The summed E-state index contributed by atoms with van der Waals surface area (Å²) in [6, 6.07) is 32.8. The van der Waals surface area contributed by atoms with E-state index in [0.717, 1.165) is 30.6 Å². The van der Waals surface area contributed by atoms with Gasteiger partial charge in [0, 0.05) is 16.9 Å². The Bertz CT molecular complexity index is 1380. The van der Waals surface area contributed by atoms with E-state index < -0.39 is 5.97 Å². The molecule has 4 aromatic carbocycles. The number of hydrogen-bond donors (Lipinski definition) is 2. The Kier molecular flexibility index (Phi) is 11.7. The molecular weight excluding hydrogens is 542 g/mol. The summed E-state index contributed by atoms with van der Waals surface area (Å²) in [5.74, 6) is -0.577. The Morgan fingerprint density at radius 3 is 1.90 bits per heavy atom. The zero-order valence-corrected chi connectivity index (χ0v) is 25.2. The predicted octanol–water partition coefficient (Wildman–Crippen LogP) is 8.97. The van der Waals surface area contributed by atoms with Crippen molar-refractivity contribution in [1.29, 1.82) is 0 Å². The summed E-state index contributed by atoms with van der Waals surface area (Å²) in [4.78, 5) is 24.9. The van der Waals surface area contributed by atoms with Crippen molar-refractivity contribution in [2.45, 2.75) is 62.5 Å². The van der Waals surface area contributed by atoms with Crippen LogP contribution >= 0.6 is 11.8 Å². The van der Waals surface area contributed by atoms with E-state index in [2.05, 4.69) is 67.7 Å². The first kappa shape index (κ1) is 30.9. The molecule has 0 radical (unpaired) electrons. The fourth-order valence-corrected chi connectivity index (χ4v) is 5.89. The van der Waals surface area contributed by atoms with Gasteiger partial charge >= 0.3 is 5.97 Å². The minimum absolute atomic E-state index is 0.0358. The summed E-state index contributed by atoms with van der Waals surface area (Å²) >= 11 is 1.78. The standard InChI is InChI=1S/C36H39NO4S/c1-3-8-26-13-17-28(18-14-26)35(29-19-15-27(9-4-2)16-20-29)42-31-23-21-30(22-24-31)36(40)37-32-10-5-6-11-33(32)41-25-7-12-34(38)39/h5-6,10-11,13-24,35H,3-4,7-9,12,25H2,1-2H3,(H,37,40)(H,38,39). The Morgan fingerprint density at radius 2 is 1.36 bits per heavy atom. The number of anilines is 1. The van der Waals surface area contributed by atoms with Crippen LogP contribution in [0.2, 0.25) is 0 Å². The van der Waals surface area contributed by atoms with Gasteiger partial charge in [-0.2, -0.15) is 0 Å². The molecule has 0 bridgehead atoms. The topological polar surface area (TPSA) is 75.6 Å². The molecule has 0 saturated carbocycles. The van der Waals surface area contributed by atoms with Gasteiger partial charge in [0.05, 0.1) is 17.5 Å². The van der Waals surface area contributed by atoms with Gasteiger partial charge in [0.25, 0.3) is 5.91 Å². The number of amides is 1. The molecular formula is C36H39NO4S. The number of carboxylic acid groups (broad SMARTS) is 1. The number of thioether (sulfide) groups is 1. The largest absolute Gasteiger partial charge is 0.491 e. The van der Waals surface area contributed by atoms with Gasteiger partial charge in [-0.15, -0.1) is 11.8 Å². The lowest BCUT2D eigenvalue weighted by Crippen LogP contribution is -2.13. The van der Waals surface area contributed by atoms with Crippen molar-refractivity contribution in [2.75, 3.05) is 11.9 Å². The molecule has 4 rings (SSSR count). The average Bonchev–Trinajstić information content (AvgIpc) is 3.00. The van der Waals surface area contributed by atoms with Crippen LogP contribution in [0.15, 0.2) is 102 Å². The van der Waals surface area contributed by atoms with Crippen LogP contribution in [-0.2, 0) is 17.6 Å². The number of carbonyl (C=O) groups is 2. The van der Waals surface area contributed by atoms with E-state index in [1.54, 1.807) is 23.9 Å². The molecule has 5 nitrogen and oxygen atoms in total. The van der Waals surface area contributed by atoms with Crippen LogP contribution < -0.4 is 10.1 Å². The molecule has 0 aromatic heterocycles. The first-order valence-corrected chi connectivity index (χ1v) is 15.5. The first-order valence-electron chi connectivity index (χ1n) is 14.7. The van der Waals surface area contributed by atoms with Crippen LogP contribution in [0.5, 0.6) is 5.75 Å². The molecule has 0 atom stereocenters. The second kappa shape index (κ2) is 15.8. The minimum atomic E-state index is -0.858. The van der Waals surface area contributed by atoms with Gasteiger partial charge in [0.15, 0.2) is 0 Å². The zero-order valence-electron chi connectivity index (χ0n) is 24.3. The van der Waals surface area contributed by atoms with Crippen molar-refractivity contribution in [1.82, 2.24) is 0 Å². The first-order chi connectivity index (χ1) is 20.5. The normalized spacial score (nSPS) is 10.9. The number of para-hydroxylation sites is 2. The maximum absolute atomic E-state index is 13.1. The van der Waals surface area contributed by atoms with E-state index in [0.29, 0.717) is 23.4 Å². The molecule has 0 aliphatic carbocycles. The quantitative estimate of drug-likeness (QED) is 0.108. The van der Waals surface area contributed by atoms with Gasteiger partial charge in [-0.3, -0.25) is 9.59 Å². The smallest absolute Gasteiger partial charge is 0.303 e. The van der Waals surface area contributed by atoms with E-state index >= 15 is 0 Å². The highest BCUT2D eigenvalue weighted by atomic mass is 32.2. The van der Waals surface area contributed by atoms with E-state index in [9.17, 15) is 9.59 Å². The van der Waals surface area contributed by atoms with E-state index in [4.69, 9.17) is 9.84 Å². The van der Waals surface area contributed by atoms with Gasteiger partial charge in [-0.25, -0.2) is 0 Å². The summed E-state index contributed by atoms with van der Waals surface area (Å²) in [6.07, 6.45) is 4.84. The van der Waals surface area contributed by atoms with E-state index in [1.165, 1.54) is 22.3 Å². The second-order valence-corrected chi connectivity index (χ2v) is 11.5. The summed E-state index contributed by atoms with van der Waals surface area (Å²) in [5.41, 5.74) is 6.31. The van der Waals surface area contributed by atoms with Crippen LogP contribution in [0.25, 0.3) is 0 Å². The van der Waals surface area contributed by atoms with Crippen molar-refractivity contribution in [3.8, 4) is 5.75 Å². The van der Waals surface area contributed by atoms with E-state index in [1.807, 2.05) is 36.4 Å². The van der Waals surface area contributed by atoms with Gasteiger partial charge in [-0.1, -0.05) is 87.4 Å². The molecule has 0 spiro atoms. The Hall–Kier alpha value is -4.03. The summed E-state index contributed by atoms with van der Waals surface area (Å²) in [7, 11) is 0. The fraction of sp³-hybridized carbons (Fsp3) is 0.278. The molecule has 2 N–H and O–H groups in total. The molecule has 0 unspecified atom stereocenters. The molecule has 4 aromatic rings. The molecule has 1 amide bonds. The van der Waals surface area contributed by atoms with Crippen molar-refractivity contribution in [3.05, 3.63) is 125 Å². The predicted molar refractivity (Wildman–Crippen MR) is 172 cm³/mol. The molecule has 0 aliphatic heterocycles. The summed E-state index contributed by atoms with van der Waals surface area (Å²) < 4.78 is 5.73. The van der Waals surface area contributed by atoms with Crippen molar-refractivity contribution in [3.63, 3.8) is 0 Å². The highest BCUT2D eigenvalue weighted by Gasteiger charge is 2.17. The van der Waals surface area contributed by atoms with Crippen LogP contribution in [0, 0.1) is 0 Å². The molecule has 6 heteroatoms. The van der Waals surface area contributed by atoms with Crippen LogP contribution in [0.1, 0.15) is 77.4 Å². The van der Waals surface area contributed by atoms with E-state index in [-0.39, 0.29) is 24.2 Å². The number of aryl methyl sites for hydroxylation is 2. The molecule has 0 aliphatic rings. The van der Waals surface area contributed by atoms with Crippen LogP contribution in [0.3, 0.4) is 0 Å². The SMILES string of the molecule is CCCc1ccc(C(Sc2ccc(C(=O)Nc3ccccc3OCCCC(=O)O)cc2)c2ccc(CCC)cc2)cc1. The van der Waals surface area contributed by atoms with Crippen molar-refractivity contribution in [2.24, 2.45) is 0 Å². The van der Waals surface area contributed by atoms with Crippen LogP contribution in [0.4, 0.5) is 5.69 Å². The highest BCUT2D eigenvalue weighted by molar-refractivity contribution is 7.99. The lowest BCUT2D eigenvalue weighted by molar-refractivity contribution is -0.137. The number of carboxylic acids is 1. The highest BCUT2D eigenvalue weighted by Crippen LogP contribution is 2.41. The van der Waals surface area contributed by atoms with Crippen molar-refractivity contribution >= 4 is 29.3 Å². The zero-order chi connectivity index (χ0) is 29.7. The molecule has 218 valence electrons. The monoisotopic (exact) mass is 581 g/mol. The minimum Gasteiger partial charge on any atom is -0.491 e. The van der Waals surface area contributed by atoms with Crippen molar-refractivity contribution < 1.29 is 19.4 Å². The van der Waals surface area contributed by atoms with Crippen LogP contribution in [-0.4, -0.2) is 23.6 Å². The molecule has 42 heavy (non-hydrogen) atoms. The number of ether oxygens (including phenoxy) is 1. The van der Waals surface area contributed by atoms with Gasteiger partial charge in [0.1, 0.15) is 5.75 Å². The lowest BCUT2D eigenvalue weighted by Gasteiger charge is -2.19. The molecule has 0 saturated heterocycles. The number of benzene rings is 4. The number of aliphatic carboxylic acids is 1. The third-order valence-electron chi connectivity index (χ3n) is 6.94. The Balaban J connectivity index is 1.47. The van der Waals surface area contributed by atoms with Gasteiger partial charge < -0.3 is 15.2 Å². The van der Waals surface area contributed by atoms with Gasteiger partial charge in [0.2, 0.25) is 0 Å². The second-order valence-electron chi connectivity index (χ2n) is 10.3. The fourth-order valence-electron chi connectivity index (χ4n) is 4.74. The summed E-state index contributed by atoms with van der Waals surface area (Å²) in [6.45, 7) is 4.66. The average molecular weight is 582 g/mol. The number of carbonyl (C=O) groups excluding carboxylic acids is 1. The Labute approximate surface area is 253 Å². The number of rotatable bonds is 15. The molecule has 0 heterocycles. The number of nitrogens with one attached hydrogen (secondary N) is 1. The molecule has 0 fully saturated rings. The summed E-state index contributed by atoms with van der Waals surface area (Å²) in [5, 5.41) is 11.9. The third kappa shape index (κ3) is 8.98. The maximum Gasteiger partial charge on any atom is 0.303 e. The Morgan fingerprint density at radius 1 is 0.786 bits per heavy atom. The maximum atomic E-state index is 13.1.